The topological polar surface area (TPSA) is 142 Å². The van der Waals surface area contributed by atoms with E-state index in [4.69, 9.17) is 27.9 Å². The molecule has 1 atom stereocenters. The quantitative estimate of drug-likeness (QED) is 0.228. The third-order valence-corrected chi connectivity index (χ3v) is 10.3. The fraction of sp³-hybridized carbons (Fsp3) is 0.296. The summed E-state index contributed by atoms with van der Waals surface area (Å²) in [5.41, 5.74) is 2.99. The van der Waals surface area contributed by atoms with Crippen molar-refractivity contribution in [3.05, 3.63) is 74.5 Å². The molecular formula is C27H26Cl2N4O6S2. The molecule has 3 heterocycles. The Balaban J connectivity index is 1.34. The molecule has 1 unspecified atom stereocenters. The van der Waals surface area contributed by atoms with Crippen LogP contribution in [0.15, 0.2) is 36.4 Å². The van der Waals surface area contributed by atoms with Crippen LogP contribution in [0.3, 0.4) is 0 Å². The normalized spacial score (nSPS) is 16.0. The number of ether oxygens (including phenoxy) is 1. The number of carboxylic acid groups (broad SMARTS) is 1. The molecule has 1 aliphatic heterocycles. The van der Waals surface area contributed by atoms with Gasteiger partial charge in [0.05, 0.1) is 31.8 Å². The maximum atomic E-state index is 12.8. The highest BCUT2D eigenvalue weighted by atomic mass is 35.5. The molecule has 2 aromatic carbocycles. The van der Waals surface area contributed by atoms with Crippen molar-refractivity contribution in [1.29, 1.82) is 0 Å². The Labute approximate surface area is 250 Å². The van der Waals surface area contributed by atoms with E-state index in [1.54, 1.807) is 6.92 Å². The molecule has 0 spiro atoms. The Morgan fingerprint density at radius 3 is 2.46 bits per heavy atom. The number of nitrogens with one attached hydrogen (secondary N) is 2. The smallest absolute Gasteiger partial charge is 0.335 e. The van der Waals surface area contributed by atoms with Crippen LogP contribution in [-0.2, 0) is 16.4 Å². The summed E-state index contributed by atoms with van der Waals surface area (Å²) in [6, 6.07) is 10.7. The maximum Gasteiger partial charge on any atom is 0.335 e. The number of H-pyrrole nitrogens is 1. The summed E-state index contributed by atoms with van der Waals surface area (Å²) < 4.78 is 30.1. The molecule has 1 aliphatic rings. The number of sulfone groups is 1. The van der Waals surface area contributed by atoms with E-state index in [2.05, 4.69) is 20.2 Å². The highest BCUT2D eigenvalue weighted by Crippen LogP contribution is 2.37. The number of fused-ring (bicyclic) bond motifs is 1. The van der Waals surface area contributed by atoms with Crippen molar-refractivity contribution in [3.8, 4) is 5.75 Å². The molecule has 1 saturated heterocycles. The van der Waals surface area contributed by atoms with E-state index in [0.29, 0.717) is 35.5 Å². The van der Waals surface area contributed by atoms with Crippen LogP contribution >= 0.6 is 34.5 Å². The lowest BCUT2D eigenvalue weighted by Crippen LogP contribution is -2.39. The largest absolute Gasteiger partial charge is 0.484 e. The first-order chi connectivity index (χ1) is 19.4. The van der Waals surface area contributed by atoms with Crippen LogP contribution in [0, 0.1) is 6.92 Å². The van der Waals surface area contributed by atoms with E-state index < -0.39 is 27.8 Å². The van der Waals surface area contributed by atoms with Gasteiger partial charge in [-0.2, -0.15) is 0 Å². The van der Waals surface area contributed by atoms with Gasteiger partial charge in [0.2, 0.25) is 0 Å². The Morgan fingerprint density at radius 2 is 1.85 bits per heavy atom. The lowest BCUT2D eigenvalue weighted by molar-refractivity contribution is 0.0696. The number of aromatic carboxylic acids is 1. The minimum atomic E-state index is -2.93. The molecule has 41 heavy (non-hydrogen) atoms. The number of nitrogens with zero attached hydrogens (tertiary/aromatic N) is 2. The van der Waals surface area contributed by atoms with E-state index in [-0.39, 0.29) is 43.7 Å². The van der Waals surface area contributed by atoms with Gasteiger partial charge < -0.3 is 14.8 Å². The number of benzene rings is 2. The molecule has 14 heteroatoms. The summed E-state index contributed by atoms with van der Waals surface area (Å²) in [5.74, 6) is -1.05. The van der Waals surface area contributed by atoms with Gasteiger partial charge in [-0.05, 0) is 37.1 Å². The standard InChI is InChI=1S/C27H26Cl2N4O6S2/c1-14-21(28)22(29)24(30-14)25(34)32-27-31-23-19(11-18(26(35)36)12-20(23)40-27)39-15(2)17-5-3-16(4-6-17)13-33-7-9-41(37,38)10-8-33/h3-6,11-12,15,30H,7-10,13H2,1-2H3,(H,35,36)(H,31,32,34). The van der Waals surface area contributed by atoms with Crippen molar-refractivity contribution in [2.24, 2.45) is 0 Å². The number of carboxylic acids is 1. The van der Waals surface area contributed by atoms with Gasteiger partial charge in [0.1, 0.15) is 23.1 Å². The molecule has 1 amide bonds. The van der Waals surface area contributed by atoms with Crippen molar-refractivity contribution in [3.63, 3.8) is 0 Å². The third-order valence-electron chi connectivity index (χ3n) is 6.80. The molecule has 5 rings (SSSR count). The van der Waals surface area contributed by atoms with Gasteiger partial charge >= 0.3 is 5.97 Å². The van der Waals surface area contributed by atoms with Gasteiger partial charge in [-0.1, -0.05) is 58.8 Å². The number of hydrogen-bond acceptors (Lipinski definition) is 8. The fourth-order valence-corrected chi connectivity index (χ4v) is 7.08. The van der Waals surface area contributed by atoms with Gasteiger partial charge in [-0.25, -0.2) is 18.2 Å². The predicted octanol–water partition coefficient (Wildman–Crippen LogP) is 5.56. The maximum absolute atomic E-state index is 12.8. The number of carbonyl (C=O) groups excluding carboxylic acids is 1. The highest BCUT2D eigenvalue weighted by molar-refractivity contribution is 7.91. The number of rotatable bonds is 8. The minimum Gasteiger partial charge on any atom is -0.484 e. The second-order valence-corrected chi connectivity index (χ2v) is 13.9. The summed E-state index contributed by atoms with van der Waals surface area (Å²) in [4.78, 5) is 34.1. The summed E-state index contributed by atoms with van der Waals surface area (Å²) in [6.07, 6.45) is -0.445. The summed E-state index contributed by atoms with van der Waals surface area (Å²) >= 11 is 13.4. The summed E-state index contributed by atoms with van der Waals surface area (Å²) in [5, 5.41) is 12.9. The van der Waals surface area contributed by atoms with Crippen LogP contribution in [0.1, 0.15) is 50.7 Å². The van der Waals surface area contributed by atoms with E-state index in [9.17, 15) is 23.1 Å². The van der Waals surface area contributed by atoms with Gasteiger partial charge in [-0.15, -0.1) is 0 Å². The average Bonchev–Trinajstić information content (AvgIpc) is 3.45. The van der Waals surface area contributed by atoms with Crippen molar-refractivity contribution in [1.82, 2.24) is 14.9 Å². The molecule has 10 nitrogen and oxygen atoms in total. The van der Waals surface area contributed by atoms with E-state index in [1.165, 1.54) is 12.1 Å². The Morgan fingerprint density at radius 1 is 1.17 bits per heavy atom. The number of aromatic nitrogens is 2. The molecule has 0 bridgehead atoms. The Hall–Kier alpha value is -3.16. The van der Waals surface area contributed by atoms with Gasteiger partial charge in [-0.3, -0.25) is 15.0 Å². The summed E-state index contributed by atoms with van der Waals surface area (Å²) in [6.45, 7) is 5.22. The number of amides is 1. The molecule has 216 valence electrons. The third kappa shape index (κ3) is 6.52. The number of aryl methyl sites for hydroxylation is 1. The summed E-state index contributed by atoms with van der Waals surface area (Å²) in [7, 11) is -2.93. The first-order valence-electron chi connectivity index (χ1n) is 12.6. The molecular weight excluding hydrogens is 611 g/mol. The SMILES string of the molecule is Cc1[nH]c(C(=O)Nc2nc3c(OC(C)c4ccc(CN5CCS(=O)(=O)CC5)cc4)cc(C(=O)O)cc3s2)c(Cl)c1Cl. The van der Waals surface area contributed by atoms with E-state index in [1.807, 2.05) is 31.2 Å². The van der Waals surface area contributed by atoms with Crippen LogP contribution in [0.5, 0.6) is 5.75 Å². The lowest BCUT2D eigenvalue weighted by atomic mass is 10.1. The van der Waals surface area contributed by atoms with Gasteiger partial charge in [0.15, 0.2) is 15.0 Å². The number of aromatic amines is 1. The second-order valence-electron chi connectivity index (χ2n) is 9.78. The predicted molar refractivity (Wildman–Crippen MR) is 159 cm³/mol. The zero-order valence-corrected chi connectivity index (χ0v) is 25.2. The monoisotopic (exact) mass is 636 g/mol. The number of thiazole rings is 1. The molecule has 4 aromatic rings. The van der Waals surface area contributed by atoms with Crippen molar-refractivity contribution in [2.75, 3.05) is 29.9 Å². The van der Waals surface area contributed by atoms with Crippen molar-refractivity contribution >= 4 is 71.6 Å². The van der Waals surface area contributed by atoms with Crippen LogP contribution in [-0.4, -0.2) is 64.9 Å². The Kier molecular flexibility index (Phi) is 8.31. The zero-order valence-electron chi connectivity index (χ0n) is 22.0. The average molecular weight is 638 g/mol. The minimum absolute atomic E-state index is 0.0231. The van der Waals surface area contributed by atoms with E-state index >= 15 is 0 Å². The van der Waals surface area contributed by atoms with Crippen LogP contribution in [0.4, 0.5) is 5.13 Å². The van der Waals surface area contributed by atoms with Crippen LogP contribution < -0.4 is 10.1 Å². The molecule has 2 aromatic heterocycles. The molecule has 3 N–H and O–H groups in total. The highest BCUT2D eigenvalue weighted by Gasteiger charge is 2.23. The van der Waals surface area contributed by atoms with Gasteiger partial charge in [0, 0.05) is 25.3 Å². The first kappa shape index (κ1) is 29.3. The molecule has 1 fully saturated rings. The number of anilines is 1. The van der Waals surface area contributed by atoms with Crippen molar-refractivity contribution in [2.45, 2.75) is 26.5 Å². The molecule has 0 aliphatic carbocycles. The number of halogens is 2. The van der Waals surface area contributed by atoms with E-state index in [0.717, 1.165) is 22.5 Å². The molecule has 0 saturated carbocycles. The zero-order chi connectivity index (χ0) is 29.5. The number of carbonyl (C=O) groups is 2. The van der Waals surface area contributed by atoms with Gasteiger partial charge in [0.25, 0.3) is 5.91 Å². The van der Waals surface area contributed by atoms with Crippen LogP contribution in [0.2, 0.25) is 10.0 Å². The Bertz CT molecular complexity index is 1740. The second kappa shape index (κ2) is 11.6. The van der Waals surface area contributed by atoms with Crippen LogP contribution in [0.25, 0.3) is 10.2 Å². The first-order valence-corrected chi connectivity index (χ1v) is 16.0. The number of hydrogen-bond donors (Lipinski definition) is 3. The lowest BCUT2D eigenvalue weighted by Gasteiger charge is -2.26. The van der Waals surface area contributed by atoms with Crippen molar-refractivity contribution < 1.29 is 27.9 Å². The molecule has 0 radical (unpaired) electrons. The fourth-order valence-electron chi connectivity index (χ4n) is 4.47.